The summed E-state index contributed by atoms with van der Waals surface area (Å²) in [7, 11) is 0. The van der Waals surface area contributed by atoms with Gasteiger partial charge in [-0.05, 0) is 24.0 Å². The van der Waals surface area contributed by atoms with Gasteiger partial charge in [0.15, 0.2) is 0 Å². The van der Waals surface area contributed by atoms with Crippen molar-refractivity contribution in [3.8, 4) is 0 Å². The maximum atomic E-state index is 13.4. The van der Waals surface area contributed by atoms with Crippen molar-refractivity contribution in [3.63, 3.8) is 0 Å². The van der Waals surface area contributed by atoms with Gasteiger partial charge >= 0.3 is 11.9 Å². The molecule has 0 bridgehead atoms. The van der Waals surface area contributed by atoms with E-state index >= 15 is 0 Å². The Balaban J connectivity index is 2.32. The van der Waals surface area contributed by atoms with Crippen molar-refractivity contribution in [2.75, 3.05) is 0 Å². The molecule has 0 aliphatic rings. The molecule has 1 heterocycles. The summed E-state index contributed by atoms with van der Waals surface area (Å²) in [6.45, 7) is 3.51. The molecule has 14 heteroatoms. The SMILES string of the molecule is CCC(C)C(NC(=O)C(N)CCC(N)=O)C(=O)NC(Cc1c[nH]c2ccccc12)C(=O)NC(CC(=O)O)C(=O)O. The fourth-order valence-corrected chi connectivity index (χ4v) is 4.03. The van der Waals surface area contributed by atoms with E-state index in [2.05, 4.69) is 20.9 Å². The highest BCUT2D eigenvalue weighted by Gasteiger charge is 2.33. The summed E-state index contributed by atoms with van der Waals surface area (Å²) in [5.74, 6) is -6.35. The lowest BCUT2D eigenvalue weighted by molar-refractivity contribution is -0.147. The summed E-state index contributed by atoms with van der Waals surface area (Å²) in [5, 5.41) is 26.6. The summed E-state index contributed by atoms with van der Waals surface area (Å²) in [5.41, 5.74) is 12.4. The number of carboxylic acids is 2. The first-order valence-corrected chi connectivity index (χ1v) is 12.8. The lowest BCUT2D eigenvalue weighted by Crippen LogP contribution is -2.59. The van der Waals surface area contributed by atoms with Crippen molar-refractivity contribution in [3.05, 3.63) is 36.0 Å². The van der Waals surface area contributed by atoms with Gasteiger partial charge in [0.05, 0.1) is 12.5 Å². The minimum Gasteiger partial charge on any atom is -0.481 e. The van der Waals surface area contributed by atoms with Crippen molar-refractivity contribution in [2.24, 2.45) is 17.4 Å². The van der Waals surface area contributed by atoms with Crippen LogP contribution in [0.2, 0.25) is 0 Å². The predicted octanol–water partition coefficient (Wildman–Crippen LogP) is -0.637. The first kappa shape index (κ1) is 31.8. The second kappa shape index (κ2) is 14.6. The van der Waals surface area contributed by atoms with Crippen LogP contribution in [-0.2, 0) is 35.2 Å². The molecule has 4 amide bonds. The molecule has 0 radical (unpaired) electrons. The van der Waals surface area contributed by atoms with Crippen molar-refractivity contribution in [2.45, 2.75) is 70.1 Å². The molecule has 0 aliphatic carbocycles. The molecule has 2 rings (SSSR count). The number of fused-ring (bicyclic) bond motifs is 1. The normalized spacial score (nSPS) is 14.8. The fourth-order valence-electron chi connectivity index (χ4n) is 4.03. The first-order chi connectivity index (χ1) is 18.8. The molecular formula is C26H36N6O8. The molecule has 218 valence electrons. The second-order valence-electron chi connectivity index (χ2n) is 9.61. The molecule has 2 aromatic rings. The molecule has 5 atom stereocenters. The predicted molar refractivity (Wildman–Crippen MR) is 144 cm³/mol. The lowest BCUT2D eigenvalue weighted by Gasteiger charge is -2.28. The van der Waals surface area contributed by atoms with E-state index in [9.17, 15) is 33.9 Å². The Hall–Kier alpha value is -4.46. The molecule has 0 spiro atoms. The maximum absolute atomic E-state index is 13.4. The van der Waals surface area contributed by atoms with Gasteiger partial charge in [0, 0.05) is 29.9 Å². The smallest absolute Gasteiger partial charge is 0.326 e. The third-order valence-corrected chi connectivity index (χ3v) is 6.56. The Kier molecular flexibility index (Phi) is 11.6. The standard InChI is InChI=1S/C26H36N6O8/c1-3-13(2)22(32-23(36)16(27)8-9-20(28)33)25(38)30-18(24(37)31-19(26(39)40)11-21(34)35)10-14-12-29-17-7-5-4-6-15(14)17/h4-7,12-13,16,18-19,22,29H,3,8-11,27H2,1-2H3,(H2,28,33)(H,30,38)(H,31,37)(H,32,36)(H,34,35)(H,39,40). The number of amides is 4. The third-order valence-electron chi connectivity index (χ3n) is 6.56. The van der Waals surface area contributed by atoms with Gasteiger partial charge in [0.25, 0.3) is 0 Å². The zero-order chi connectivity index (χ0) is 30.0. The fraction of sp³-hybridized carbons (Fsp3) is 0.462. The van der Waals surface area contributed by atoms with Crippen LogP contribution in [0.1, 0.15) is 45.1 Å². The minimum atomic E-state index is -1.74. The number of hydrogen-bond acceptors (Lipinski definition) is 7. The van der Waals surface area contributed by atoms with Gasteiger partial charge in [-0.25, -0.2) is 4.79 Å². The Morgan fingerprint density at radius 1 is 0.950 bits per heavy atom. The number of carbonyl (C=O) groups is 6. The molecule has 1 aromatic carbocycles. The number of nitrogens with two attached hydrogens (primary N) is 2. The Morgan fingerprint density at radius 3 is 2.20 bits per heavy atom. The van der Waals surface area contributed by atoms with Gasteiger partial charge in [-0.2, -0.15) is 0 Å². The van der Waals surface area contributed by atoms with Gasteiger partial charge in [-0.1, -0.05) is 38.5 Å². The number of primary amides is 1. The molecular weight excluding hydrogens is 524 g/mol. The van der Waals surface area contributed by atoms with Gasteiger partial charge in [-0.15, -0.1) is 0 Å². The van der Waals surface area contributed by atoms with E-state index in [4.69, 9.17) is 16.6 Å². The largest absolute Gasteiger partial charge is 0.481 e. The van der Waals surface area contributed by atoms with Crippen LogP contribution in [0, 0.1) is 5.92 Å². The van der Waals surface area contributed by atoms with Crippen molar-refractivity contribution in [1.82, 2.24) is 20.9 Å². The van der Waals surface area contributed by atoms with Crippen LogP contribution in [-0.4, -0.2) is 74.9 Å². The van der Waals surface area contributed by atoms with Crippen LogP contribution in [0.4, 0.5) is 0 Å². The lowest BCUT2D eigenvalue weighted by atomic mass is 9.96. The summed E-state index contributed by atoms with van der Waals surface area (Å²) >= 11 is 0. The molecule has 40 heavy (non-hydrogen) atoms. The van der Waals surface area contributed by atoms with Crippen molar-refractivity contribution in [1.29, 1.82) is 0 Å². The molecule has 10 N–H and O–H groups in total. The molecule has 14 nitrogen and oxygen atoms in total. The zero-order valence-corrected chi connectivity index (χ0v) is 22.3. The minimum absolute atomic E-state index is 0.0260. The van der Waals surface area contributed by atoms with E-state index in [1.165, 1.54) is 0 Å². The summed E-state index contributed by atoms with van der Waals surface area (Å²) in [6.07, 6.45) is 1.02. The molecule has 0 fully saturated rings. The van der Waals surface area contributed by atoms with E-state index in [1.807, 2.05) is 12.1 Å². The average molecular weight is 561 g/mol. The number of para-hydroxylation sites is 1. The quantitative estimate of drug-likeness (QED) is 0.130. The first-order valence-electron chi connectivity index (χ1n) is 12.8. The van der Waals surface area contributed by atoms with Crippen LogP contribution in [0.15, 0.2) is 30.5 Å². The number of aromatic amines is 1. The second-order valence-corrected chi connectivity index (χ2v) is 9.61. The summed E-state index contributed by atoms with van der Waals surface area (Å²) in [4.78, 5) is 76.1. The van der Waals surface area contributed by atoms with E-state index in [0.717, 1.165) is 10.9 Å². The number of carbonyl (C=O) groups excluding carboxylic acids is 4. The van der Waals surface area contributed by atoms with Gasteiger partial charge in [-0.3, -0.25) is 24.0 Å². The molecule has 5 unspecified atom stereocenters. The average Bonchev–Trinajstić information content (AvgIpc) is 3.31. The number of nitrogens with one attached hydrogen (secondary N) is 4. The Labute approximate surface area is 230 Å². The number of H-pyrrole nitrogens is 1. The summed E-state index contributed by atoms with van der Waals surface area (Å²) in [6, 6.07) is 1.93. The van der Waals surface area contributed by atoms with Crippen LogP contribution >= 0.6 is 0 Å². The molecule has 0 aliphatic heterocycles. The Bertz CT molecular complexity index is 1240. The van der Waals surface area contributed by atoms with E-state index in [0.29, 0.717) is 12.0 Å². The van der Waals surface area contributed by atoms with Crippen molar-refractivity contribution < 1.29 is 39.0 Å². The van der Waals surface area contributed by atoms with Crippen LogP contribution in [0.3, 0.4) is 0 Å². The van der Waals surface area contributed by atoms with Gasteiger partial charge < -0.3 is 42.6 Å². The highest BCUT2D eigenvalue weighted by atomic mass is 16.4. The number of carboxylic acid groups (broad SMARTS) is 2. The van der Waals surface area contributed by atoms with Crippen LogP contribution in [0.25, 0.3) is 10.9 Å². The van der Waals surface area contributed by atoms with Crippen LogP contribution in [0.5, 0.6) is 0 Å². The summed E-state index contributed by atoms with van der Waals surface area (Å²) < 4.78 is 0. The number of aliphatic carboxylic acids is 2. The van der Waals surface area contributed by atoms with Gasteiger partial charge in [0.2, 0.25) is 23.6 Å². The third kappa shape index (κ3) is 9.08. The highest BCUT2D eigenvalue weighted by molar-refractivity contribution is 5.95. The van der Waals surface area contributed by atoms with E-state index < -0.39 is 72.1 Å². The maximum Gasteiger partial charge on any atom is 0.326 e. The Morgan fingerprint density at radius 2 is 1.60 bits per heavy atom. The highest BCUT2D eigenvalue weighted by Crippen LogP contribution is 2.20. The van der Waals surface area contributed by atoms with Crippen molar-refractivity contribution >= 4 is 46.5 Å². The zero-order valence-electron chi connectivity index (χ0n) is 22.3. The number of aromatic nitrogens is 1. The van der Waals surface area contributed by atoms with Crippen LogP contribution < -0.4 is 27.4 Å². The molecule has 0 saturated heterocycles. The molecule has 1 aromatic heterocycles. The van der Waals surface area contributed by atoms with E-state index in [-0.39, 0.29) is 19.3 Å². The van der Waals surface area contributed by atoms with E-state index in [1.54, 1.807) is 32.2 Å². The number of rotatable bonds is 16. The number of benzene rings is 1. The monoisotopic (exact) mass is 560 g/mol. The molecule has 0 saturated carbocycles. The number of hydrogen-bond donors (Lipinski definition) is 8. The topological polar surface area (TPSA) is 247 Å². The van der Waals surface area contributed by atoms with Gasteiger partial charge in [0.1, 0.15) is 18.1 Å².